The Balaban J connectivity index is 1.29. The zero-order valence-electron chi connectivity index (χ0n) is 23.2. The van der Waals surface area contributed by atoms with Crippen molar-refractivity contribution in [3.63, 3.8) is 0 Å². The Morgan fingerprint density at radius 1 is 1.03 bits per heavy atom. The molecule has 0 spiro atoms. The number of fused-ring (bicyclic) bond motifs is 3. The first kappa shape index (κ1) is 26.2. The van der Waals surface area contributed by atoms with Crippen LogP contribution in [0.1, 0.15) is 58.9 Å². The minimum absolute atomic E-state index is 0.0346. The molecule has 2 fully saturated rings. The molecule has 0 bridgehead atoms. The predicted molar refractivity (Wildman–Crippen MR) is 154 cm³/mol. The summed E-state index contributed by atoms with van der Waals surface area (Å²) in [6, 6.07) is 16.6. The van der Waals surface area contributed by atoms with Crippen LogP contribution in [0.25, 0.3) is 21.8 Å². The Morgan fingerprint density at radius 2 is 1.78 bits per heavy atom. The molecular formula is C31H45N5O. The molecule has 0 radical (unpaired) electrons. The van der Waals surface area contributed by atoms with E-state index in [9.17, 15) is 4.79 Å². The first-order valence-corrected chi connectivity index (χ1v) is 14.5. The Labute approximate surface area is 222 Å². The summed E-state index contributed by atoms with van der Waals surface area (Å²) in [5.74, 6) is 0.198. The number of aromatic nitrogens is 1. The van der Waals surface area contributed by atoms with Crippen molar-refractivity contribution >= 4 is 27.7 Å². The molecule has 0 saturated carbocycles. The van der Waals surface area contributed by atoms with Gasteiger partial charge in [0.1, 0.15) is 0 Å². The number of rotatable bonds is 9. The topological polar surface area (TPSA) is 52.5 Å². The van der Waals surface area contributed by atoms with E-state index >= 15 is 0 Å². The standard InChI is InChI=1S/C31H45N5O/c1-5-15-34-16-13-25(14-17-34)36-21-24(19-30(36)31(37)33-22(3)4)32-20-23-11-12-29-27(18-23)26-9-7-8-10-28(26)35(29)6-2/h7-12,18,22,24-25,30,32H,5-6,13-17,19-21H2,1-4H3,(H,33,37)/t24-,30-/m0/s1. The monoisotopic (exact) mass is 503 g/mol. The van der Waals surface area contributed by atoms with Gasteiger partial charge in [0.15, 0.2) is 0 Å². The Kier molecular flexibility index (Phi) is 8.18. The molecule has 2 N–H and O–H groups in total. The van der Waals surface area contributed by atoms with Crippen molar-refractivity contribution in [2.75, 3.05) is 26.2 Å². The number of aryl methyl sites for hydroxylation is 1. The largest absolute Gasteiger partial charge is 0.353 e. The summed E-state index contributed by atoms with van der Waals surface area (Å²) in [4.78, 5) is 18.3. The van der Waals surface area contributed by atoms with Crippen LogP contribution in [0.5, 0.6) is 0 Å². The Morgan fingerprint density at radius 3 is 2.51 bits per heavy atom. The fraction of sp³-hybridized carbons (Fsp3) is 0.581. The van der Waals surface area contributed by atoms with Gasteiger partial charge in [-0.1, -0.05) is 31.2 Å². The van der Waals surface area contributed by atoms with Crippen molar-refractivity contribution in [1.29, 1.82) is 0 Å². The number of piperidine rings is 1. The second-order valence-corrected chi connectivity index (χ2v) is 11.4. The third-order valence-electron chi connectivity index (χ3n) is 8.39. The van der Waals surface area contributed by atoms with Crippen LogP contribution in [-0.2, 0) is 17.9 Å². The Hall–Kier alpha value is -2.41. The van der Waals surface area contributed by atoms with E-state index in [0.717, 1.165) is 52.0 Å². The van der Waals surface area contributed by atoms with Crippen LogP contribution in [0.3, 0.4) is 0 Å². The first-order chi connectivity index (χ1) is 18.0. The van der Waals surface area contributed by atoms with E-state index in [1.54, 1.807) is 0 Å². The highest BCUT2D eigenvalue weighted by Crippen LogP contribution is 2.30. The number of benzene rings is 2. The number of para-hydroxylation sites is 1. The summed E-state index contributed by atoms with van der Waals surface area (Å²) in [5, 5.41) is 9.69. The third-order valence-corrected chi connectivity index (χ3v) is 8.39. The zero-order chi connectivity index (χ0) is 25.9. The smallest absolute Gasteiger partial charge is 0.237 e. The van der Waals surface area contributed by atoms with E-state index in [1.165, 1.54) is 40.3 Å². The summed E-state index contributed by atoms with van der Waals surface area (Å²) in [7, 11) is 0. The van der Waals surface area contributed by atoms with E-state index in [0.29, 0.717) is 12.1 Å². The highest BCUT2D eigenvalue weighted by atomic mass is 16.2. The average molecular weight is 504 g/mol. The molecule has 0 aliphatic carbocycles. The third kappa shape index (κ3) is 5.57. The van der Waals surface area contributed by atoms with Crippen LogP contribution in [-0.4, -0.2) is 70.6 Å². The summed E-state index contributed by atoms with van der Waals surface area (Å²) in [6.45, 7) is 14.8. The molecular weight excluding hydrogens is 458 g/mol. The van der Waals surface area contributed by atoms with Gasteiger partial charge in [0.2, 0.25) is 5.91 Å². The minimum atomic E-state index is -0.0346. The molecule has 2 saturated heterocycles. The van der Waals surface area contributed by atoms with Crippen LogP contribution in [0.2, 0.25) is 0 Å². The highest BCUT2D eigenvalue weighted by molar-refractivity contribution is 6.08. The molecule has 3 heterocycles. The molecule has 2 aliphatic rings. The van der Waals surface area contributed by atoms with Crippen LogP contribution in [0.15, 0.2) is 42.5 Å². The summed E-state index contributed by atoms with van der Waals surface area (Å²) < 4.78 is 2.40. The maximum atomic E-state index is 13.2. The van der Waals surface area contributed by atoms with Crippen LogP contribution in [0, 0.1) is 0 Å². The number of likely N-dealkylation sites (tertiary alicyclic amines) is 2. The molecule has 200 valence electrons. The molecule has 5 rings (SSSR count). The molecule has 3 aromatic rings. The maximum absolute atomic E-state index is 13.2. The number of hydrogen-bond donors (Lipinski definition) is 2. The van der Waals surface area contributed by atoms with Gasteiger partial charge < -0.3 is 20.1 Å². The highest BCUT2D eigenvalue weighted by Gasteiger charge is 2.41. The molecule has 6 nitrogen and oxygen atoms in total. The molecule has 6 heteroatoms. The van der Waals surface area contributed by atoms with E-state index in [1.807, 2.05) is 0 Å². The summed E-state index contributed by atoms with van der Waals surface area (Å²) in [5.41, 5.74) is 3.92. The zero-order valence-corrected chi connectivity index (χ0v) is 23.2. The minimum Gasteiger partial charge on any atom is -0.353 e. The van der Waals surface area contributed by atoms with Crippen molar-refractivity contribution in [2.45, 2.75) is 90.6 Å². The Bertz CT molecular complexity index is 1210. The fourth-order valence-corrected chi connectivity index (χ4v) is 6.66. The second-order valence-electron chi connectivity index (χ2n) is 11.4. The van der Waals surface area contributed by atoms with Gasteiger partial charge >= 0.3 is 0 Å². The normalized spacial score (nSPS) is 22.0. The fourth-order valence-electron chi connectivity index (χ4n) is 6.66. The molecule has 2 atom stereocenters. The van der Waals surface area contributed by atoms with Crippen LogP contribution in [0.4, 0.5) is 0 Å². The van der Waals surface area contributed by atoms with Gasteiger partial charge in [0, 0.05) is 59.6 Å². The second kappa shape index (κ2) is 11.5. The lowest BCUT2D eigenvalue weighted by molar-refractivity contribution is -0.127. The van der Waals surface area contributed by atoms with Crippen LogP contribution < -0.4 is 10.6 Å². The van der Waals surface area contributed by atoms with Crippen molar-refractivity contribution in [1.82, 2.24) is 25.0 Å². The number of nitrogens with one attached hydrogen (secondary N) is 2. The molecule has 2 aliphatic heterocycles. The van der Waals surface area contributed by atoms with Gasteiger partial charge in [0.05, 0.1) is 6.04 Å². The average Bonchev–Trinajstić information content (AvgIpc) is 3.47. The van der Waals surface area contributed by atoms with E-state index in [-0.39, 0.29) is 18.0 Å². The number of nitrogens with zero attached hydrogens (tertiary/aromatic N) is 3. The summed E-state index contributed by atoms with van der Waals surface area (Å²) >= 11 is 0. The van der Waals surface area contributed by atoms with Gasteiger partial charge in [-0.3, -0.25) is 9.69 Å². The van der Waals surface area contributed by atoms with Gasteiger partial charge in [-0.15, -0.1) is 0 Å². The van der Waals surface area contributed by atoms with E-state index in [2.05, 4.69) is 95.2 Å². The van der Waals surface area contributed by atoms with Gasteiger partial charge in [-0.2, -0.15) is 0 Å². The lowest BCUT2D eigenvalue weighted by Crippen LogP contribution is -2.52. The predicted octanol–water partition coefficient (Wildman–Crippen LogP) is 4.75. The molecule has 1 aromatic heterocycles. The maximum Gasteiger partial charge on any atom is 0.237 e. The SMILES string of the molecule is CCCN1CCC(N2C[C@@H](NCc3ccc4c(c3)c3ccccc3n4CC)C[C@H]2C(=O)NC(C)C)CC1. The quantitative estimate of drug-likeness (QED) is 0.443. The number of carbonyl (C=O) groups excluding carboxylic acids is 1. The van der Waals surface area contributed by atoms with E-state index in [4.69, 9.17) is 0 Å². The van der Waals surface area contributed by atoms with Crippen molar-refractivity contribution in [3.05, 3.63) is 48.0 Å². The molecule has 37 heavy (non-hydrogen) atoms. The number of amides is 1. The molecule has 0 unspecified atom stereocenters. The summed E-state index contributed by atoms with van der Waals surface area (Å²) in [6.07, 6.45) is 4.42. The van der Waals surface area contributed by atoms with Crippen molar-refractivity contribution in [3.8, 4) is 0 Å². The van der Waals surface area contributed by atoms with Gasteiger partial charge in [0.25, 0.3) is 0 Å². The lowest BCUT2D eigenvalue weighted by Gasteiger charge is -2.39. The number of hydrogen-bond acceptors (Lipinski definition) is 4. The van der Waals surface area contributed by atoms with Crippen molar-refractivity contribution < 1.29 is 4.79 Å². The molecule has 1 amide bonds. The van der Waals surface area contributed by atoms with Gasteiger partial charge in [-0.05, 0) is 89.9 Å². The molecule has 2 aromatic carbocycles. The van der Waals surface area contributed by atoms with Gasteiger partial charge in [-0.25, -0.2) is 0 Å². The first-order valence-electron chi connectivity index (χ1n) is 14.5. The van der Waals surface area contributed by atoms with Crippen molar-refractivity contribution in [2.24, 2.45) is 0 Å². The number of carbonyl (C=O) groups is 1. The van der Waals surface area contributed by atoms with E-state index < -0.39 is 0 Å². The van der Waals surface area contributed by atoms with Crippen LogP contribution >= 0.6 is 0 Å². The lowest BCUT2D eigenvalue weighted by atomic mass is 10.0.